The molecule has 0 unspecified atom stereocenters. The summed E-state index contributed by atoms with van der Waals surface area (Å²) >= 11 is 0. The van der Waals surface area contributed by atoms with Crippen LogP contribution >= 0.6 is 0 Å². The zero-order valence-electron chi connectivity index (χ0n) is 10.1. The number of aliphatic carboxylic acids is 1. The van der Waals surface area contributed by atoms with E-state index < -0.39 is 16.2 Å². The Labute approximate surface area is 106 Å². The van der Waals surface area contributed by atoms with Crippen LogP contribution in [0.4, 0.5) is 5.69 Å². The molecule has 0 spiro atoms. The first-order valence-corrected chi connectivity index (χ1v) is 6.64. The van der Waals surface area contributed by atoms with Crippen LogP contribution in [0.3, 0.4) is 0 Å². The summed E-state index contributed by atoms with van der Waals surface area (Å²) < 4.78 is 26.8. The van der Waals surface area contributed by atoms with E-state index in [1.54, 1.807) is 19.1 Å². The van der Waals surface area contributed by atoms with E-state index in [9.17, 15) is 13.2 Å². The molecule has 1 rings (SSSR count). The van der Waals surface area contributed by atoms with E-state index in [0.717, 1.165) is 10.00 Å². The Morgan fingerprint density at radius 3 is 2.67 bits per heavy atom. The second-order valence-corrected chi connectivity index (χ2v) is 5.54. The number of hydrogen-bond acceptors (Lipinski definition) is 4. The minimum Gasteiger partial charge on any atom is -0.481 e. The van der Waals surface area contributed by atoms with E-state index in [4.69, 9.17) is 5.11 Å². The Hall–Kier alpha value is -1.67. The molecule has 2 N–H and O–H groups in total. The molecular formula is C10H15N3O4S. The van der Waals surface area contributed by atoms with Crippen LogP contribution in [0.1, 0.15) is 12.1 Å². The normalized spacial score (nSPS) is 11.5. The fraction of sp³-hybridized carbons (Fsp3) is 0.400. The third-order valence-electron chi connectivity index (χ3n) is 2.21. The van der Waals surface area contributed by atoms with Gasteiger partial charge in [-0.05, 0) is 19.1 Å². The summed E-state index contributed by atoms with van der Waals surface area (Å²) in [5.74, 6) is -1.05. The maximum absolute atomic E-state index is 11.8. The highest BCUT2D eigenvalue weighted by atomic mass is 32.2. The number of anilines is 1. The standard InChI is InChI=1S/C10H15N3O4S/c1-8-3-4-9(7-11-8)12-18(16,17)13(2)6-5-10(14)15/h3-4,7,12H,5-6H2,1-2H3,(H,14,15). The molecule has 0 aliphatic heterocycles. The van der Waals surface area contributed by atoms with Gasteiger partial charge in [-0.2, -0.15) is 12.7 Å². The van der Waals surface area contributed by atoms with Crippen LogP contribution in [-0.4, -0.2) is 42.4 Å². The van der Waals surface area contributed by atoms with Gasteiger partial charge < -0.3 is 5.11 Å². The van der Waals surface area contributed by atoms with Crippen molar-refractivity contribution in [2.75, 3.05) is 18.3 Å². The predicted octanol–water partition coefficient (Wildman–Crippen LogP) is 0.453. The molecule has 18 heavy (non-hydrogen) atoms. The van der Waals surface area contributed by atoms with Gasteiger partial charge in [-0.15, -0.1) is 0 Å². The minimum atomic E-state index is -3.74. The third kappa shape index (κ3) is 4.30. The summed E-state index contributed by atoms with van der Waals surface area (Å²) in [6.07, 6.45) is 1.15. The van der Waals surface area contributed by atoms with Gasteiger partial charge in [0.2, 0.25) is 0 Å². The monoisotopic (exact) mass is 273 g/mol. The number of carboxylic acid groups (broad SMARTS) is 1. The van der Waals surface area contributed by atoms with Crippen LogP contribution in [0.15, 0.2) is 18.3 Å². The molecule has 0 radical (unpaired) electrons. The molecule has 0 bridgehead atoms. The van der Waals surface area contributed by atoms with E-state index in [-0.39, 0.29) is 13.0 Å². The van der Waals surface area contributed by atoms with Crippen molar-refractivity contribution in [1.29, 1.82) is 0 Å². The summed E-state index contributed by atoms with van der Waals surface area (Å²) in [5.41, 5.74) is 1.11. The molecule has 100 valence electrons. The highest BCUT2D eigenvalue weighted by Gasteiger charge is 2.18. The maximum Gasteiger partial charge on any atom is 0.304 e. The number of rotatable bonds is 6. The van der Waals surface area contributed by atoms with Crippen molar-refractivity contribution in [1.82, 2.24) is 9.29 Å². The molecular weight excluding hydrogens is 258 g/mol. The summed E-state index contributed by atoms with van der Waals surface area (Å²) in [7, 11) is -2.43. The quantitative estimate of drug-likeness (QED) is 0.784. The van der Waals surface area contributed by atoms with E-state index in [1.165, 1.54) is 13.2 Å². The lowest BCUT2D eigenvalue weighted by molar-refractivity contribution is -0.137. The number of hydrogen-bond donors (Lipinski definition) is 2. The third-order valence-corrected chi connectivity index (χ3v) is 3.71. The first-order chi connectivity index (χ1) is 8.31. The number of nitrogens with one attached hydrogen (secondary N) is 1. The summed E-state index contributed by atoms with van der Waals surface area (Å²) in [6.45, 7) is 1.70. The molecule has 0 saturated carbocycles. The van der Waals surface area contributed by atoms with E-state index in [1.807, 2.05) is 0 Å². The van der Waals surface area contributed by atoms with Gasteiger partial charge in [0.15, 0.2) is 0 Å². The molecule has 1 aromatic heterocycles. The van der Waals surface area contributed by atoms with Crippen LogP contribution in [0.5, 0.6) is 0 Å². The van der Waals surface area contributed by atoms with Crippen molar-refractivity contribution in [3.8, 4) is 0 Å². The number of nitrogens with zero attached hydrogens (tertiary/aromatic N) is 2. The van der Waals surface area contributed by atoms with Gasteiger partial charge in [-0.25, -0.2) is 0 Å². The fourth-order valence-corrected chi connectivity index (χ4v) is 2.03. The van der Waals surface area contributed by atoms with Gasteiger partial charge in [-0.1, -0.05) is 0 Å². The second-order valence-electron chi connectivity index (χ2n) is 3.76. The first-order valence-electron chi connectivity index (χ1n) is 5.20. The zero-order chi connectivity index (χ0) is 13.8. The Bertz CT molecular complexity index is 512. The van der Waals surface area contributed by atoms with Crippen molar-refractivity contribution < 1.29 is 18.3 Å². The van der Waals surface area contributed by atoms with Gasteiger partial charge in [0, 0.05) is 19.3 Å². The minimum absolute atomic E-state index is 0.0933. The zero-order valence-corrected chi connectivity index (χ0v) is 10.9. The lowest BCUT2D eigenvalue weighted by Crippen LogP contribution is -2.34. The Kier molecular flexibility index (Phi) is 4.62. The molecule has 0 saturated heterocycles. The van der Waals surface area contributed by atoms with Crippen LogP contribution in [0, 0.1) is 6.92 Å². The average molecular weight is 273 g/mol. The summed E-state index contributed by atoms with van der Waals surface area (Å²) in [4.78, 5) is 14.3. The SMILES string of the molecule is Cc1ccc(NS(=O)(=O)N(C)CCC(=O)O)cn1. The number of aryl methyl sites for hydroxylation is 1. The van der Waals surface area contributed by atoms with Gasteiger partial charge in [0.05, 0.1) is 18.3 Å². The van der Waals surface area contributed by atoms with Crippen molar-refractivity contribution in [2.45, 2.75) is 13.3 Å². The maximum atomic E-state index is 11.8. The van der Waals surface area contributed by atoms with E-state index >= 15 is 0 Å². The van der Waals surface area contributed by atoms with Crippen LogP contribution < -0.4 is 4.72 Å². The van der Waals surface area contributed by atoms with Gasteiger partial charge >= 0.3 is 16.2 Å². The lowest BCUT2D eigenvalue weighted by Gasteiger charge is -2.17. The fourth-order valence-electron chi connectivity index (χ4n) is 1.13. The van der Waals surface area contributed by atoms with Gasteiger partial charge in [-0.3, -0.25) is 14.5 Å². The number of carbonyl (C=O) groups is 1. The van der Waals surface area contributed by atoms with Gasteiger partial charge in [0.25, 0.3) is 0 Å². The number of pyridine rings is 1. The summed E-state index contributed by atoms with van der Waals surface area (Å²) in [5, 5.41) is 8.50. The number of carboxylic acids is 1. The lowest BCUT2D eigenvalue weighted by atomic mass is 10.4. The molecule has 0 atom stereocenters. The van der Waals surface area contributed by atoms with Crippen LogP contribution in [-0.2, 0) is 15.0 Å². The molecule has 7 nitrogen and oxygen atoms in total. The molecule has 1 aromatic rings. The second kappa shape index (κ2) is 5.78. The molecule has 0 fully saturated rings. The molecule has 0 aromatic carbocycles. The van der Waals surface area contributed by atoms with Gasteiger partial charge in [0.1, 0.15) is 0 Å². The van der Waals surface area contributed by atoms with E-state index in [2.05, 4.69) is 9.71 Å². The Balaban J connectivity index is 2.69. The highest BCUT2D eigenvalue weighted by molar-refractivity contribution is 7.90. The Morgan fingerprint density at radius 1 is 1.50 bits per heavy atom. The summed E-state index contributed by atoms with van der Waals surface area (Å²) in [6, 6.07) is 3.26. The number of aromatic nitrogens is 1. The first kappa shape index (κ1) is 14.4. The van der Waals surface area contributed by atoms with Crippen molar-refractivity contribution in [3.63, 3.8) is 0 Å². The predicted molar refractivity (Wildman–Crippen MR) is 66.4 cm³/mol. The molecule has 0 aliphatic carbocycles. The van der Waals surface area contributed by atoms with Crippen molar-refractivity contribution in [2.24, 2.45) is 0 Å². The Morgan fingerprint density at radius 2 is 2.17 bits per heavy atom. The van der Waals surface area contributed by atoms with Crippen molar-refractivity contribution in [3.05, 3.63) is 24.0 Å². The highest BCUT2D eigenvalue weighted by Crippen LogP contribution is 2.10. The molecule has 0 aliphatic rings. The largest absolute Gasteiger partial charge is 0.481 e. The van der Waals surface area contributed by atoms with Crippen LogP contribution in [0.2, 0.25) is 0 Å². The smallest absolute Gasteiger partial charge is 0.304 e. The van der Waals surface area contributed by atoms with Crippen molar-refractivity contribution >= 4 is 21.9 Å². The average Bonchev–Trinajstić information content (AvgIpc) is 2.28. The van der Waals surface area contributed by atoms with Crippen LogP contribution in [0.25, 0.3) is 0 Å². The molecule has 0 amide bonds. The molecule has 8 heteroatoms. The van der Waals surface area contributed by atoms with E-state index in [0.29, 0.717) is 5.69 Å². The topological polar surface area (TPSA) is 99.6 Å². The molecule has 1 heterocycles.